The zero-order chi connectivity index (χ0) is 16.4. The summed E-state index contributed by atoms with van der Waals surface area (Å²) in [7, 11) is 0. The fourth-order valence-electron chi connectivity index (χ4n) is 3.01. The van der Waals surface area contributed by atoms with Crippen molar-refractivity contribution in [3.8, 4) is 5.75 Å². The zero-order valence-electron chi connectivity index (χ0n) is 12.9. The predicted molar refractivity (Wildman–Crippen MR) is 90.7 cm³/mol. The molecule has 1 N–H and O–H groups in total. The Labute approximate surface area is 144 Å². The van der Waals surface area contributed by atoms with E-state index >= 15 is 0 Å². The molecule has 5 nitrogen and oxygen atoms in total. The lowest BCUT2D eigenvalue weighted by Gasteiger charge is -2.29. The maximum absolute atomic E-state index is 12.3. The standard InChI is InChI=1S/C16H19ClN2O3S/c1-16-7-6-14(20)19(16)13(10-23-16)15(21)18-8-9-22-12-4-2-11(17)3-5-12/h2-5,13H,6-10H2,1H3,(H,18,21)/t13-,16-/m1/s1. The quantitative estimate of drug-likeness (QED) is 0.824. The van der Waals surface area contributed by atoms with Crippen molar-refractivity contribution in [2.45, 2.75) is 30.7 Å². The molecular formula is C16H19ClN2O3S. The Bertz CT molecular complexity index is 610. The van der Waals surface area contributed by atoms with Crippen molar-refractivity contribution in [2.24, 2.45) is 0 Å². The minimum absolute atomic E-state index is 0.0788. The highest BCUT2D eigenvalue weighted by Gasteiger charge is 2.52. The number of carbonyl (C=O) groups is 2. The number of hydrogen-bond donors (Lipinski definition) is 1. The lowest BCUT2D eigenvalue weighted by Crippen LogP contribution is -2.50. The van der Waals surface area contributed by atoms with E-state index in [1.807, 2.05) is 6.92 Å². The first-order valence-corrected chi connectivity index (χ1v) is 8.98. The molecule has 0 spiro atoms. The number of carbonyl (C=O) groups excluding carboxylic acids is 2. The zero-order valence-corrected chi connectivity index (χ0v) is 14.5. The molecule has 2 saturated heterocycles. The maximum atomic E-state index is 12.3. The number of rotatable bonds is 5. The van der Waals surface area contributed by atoms with Crippen LogP contribution >= 0.6 is 23.4 Å². The molecule has 2 fully saturated rings. The maximum Gasteiger partial charge on any atom is 0.243 e. The number of nitrogens with one attached hydrogen (secondary N) is 1. The Kier molecular flexibility index (Phi) is 4.73. The second-order valence-electron chi connectivity index (χ2n) is 5.86. The molecule has 1 aromatic rings. The highest BCUT2D eigenvalue weighted by atomic mass is 35.5. The number of ether oxygens (including phenoxy) is 1. The molecule has 0 unspecified atom stereocenters. The molecule has 2 atom stereocenters. The van der Waals surface area contributed by atoms with Crippen molar-refractivity contribution in [2.75, 3.05) is 18.9 Å². The van der Waals surface area contributed by atoms with Crippen LogP contribution in [0, 0.1) is 0 Å². The van der Waals surface area contributed by atoms with Crippen molar-refractivity contribution in [1.82, 2.24) is 10.2 Å². The first-order valence-electron chi connectivity index (χ1n) is 7.62. The largest absolute Gasteiger partial charge is 0.492 e. The molecule has 23 heavy (non-hydrogen) atoms. The van der Waals surface area contributed by atoms with E-state index in [0.29, 0.717) is 36.1 Å². The van der Waals surface area contributed by atoms with E-state index in [9.17, 15) is 9.59 Å². The molecule has 2 amide bonds. The van der Waals surface area contributed by atoms with Gasteiger partial charge in [-0.2, -0.15) is 0 Å². The highest BCUT2D eigenvalue weighted by molar-refractivity contribution is 8.01. The topological polar surface area (TPSA) is 58.6 Å². The summed E-state index contributed by atoms with van der Waals surface area (Å²) in [5, 5.41) is 3.51. The Hall–Kier alpha value is -1.40. The van der Waals surface area contributed by atoms with Crippen molar-refractivity contribution >= 4 is 35.2 Å². The number of hydrogen-bond acceptors (Lipinski definition) is 4. The second-order valence-corrected chi connectivity index (χ2v) is 7.80. The van der Waals surface area contributed by atoms with Crippen LogP contribution in [0.2, 0.25) is 5.02 Å². The van der Waals surface area contributed by atoms with Gasteiger partial charge >= 0.3 is 0 Å². The van der Waals surface area contributed by atoms with Crippen LogP contribution in [0.25, 0.3) is 0 Å². The molecule has 1 aromatic carbocycles. The predicted octanol–water partition coefficient (Wildman–Crippen LogP) is 2.29. The van der Waals surface area contributed by atoms with Crippen molar-refractivity contribution < 1.29 is 14.3 Å². The van der Waals surface area contributed by atoms with Gasteiger partial charge in [-0.05, 0) is 37.6 Å². The minimum Gasteiger partial charge on any atom is -0.492 e. The SMILES string of the molecule is C[C@@]12CCC(=O)N1[C@@H](C(=O)NCCOc1ccc(Cl)cc1)CS2. The van der Waals surface area contributed by atoms with E-state index in [-0.39, 0.29) is 22.7 Å². The Morgan fingerprint density at radius 3 is 2.96 bits per heavy atom. The van der Waals surface area contributed by atoms with E-state index in [4.69, 9.17) is 16.3 Å². The van der Waals surface area contributed by atoms with Crippen LogP contribution < -0.4 is 10.1 Å². The Morgan fingerprint density at radius 1 is 1.48 bits per heavy atom. The Morgan fingerprint density at radius 2 is 2.22 bits per heavy atom. The molecule has 0 aromatic heterocycles. The molecule has 2 aliphatic rings. The molecule has 3 rings (SSSR count). The summed E-state index contributed by atoms with van der Waals surface area (Å²) in [5.74, 6) is 1.35. The summed E-state index contributed by atoms with van der Waals surface area (Å²) >= 11 is 7.50. The van der Waals surface area contributed by atoms with Crippen molar-refractivity contribution in [1.29, 1.82) is 0 Å². The molecule has 7 heteroatoms. The summed E-state index contributed by atoms with van der Waals surface area (Å²) in [4.78, 5) is 25.9. The molecule has 0 saturated carbocycles. The molecule has 2 aliphatic heterocycles. The number of halogens is 1. The number of fused-ring (bicyclic) bond motifs is 1. The van der Waals surface area contributed by atoms with Gasteiger partial charge in [-0.15, -0.1) is 11.8 Å². The molecule has 2 heterocycles. The van der Waals surface area contributed by atoms with Crippen LogP contribution in [-0.4, -0.2) is 46.5 Å². The van der Waals surface area contributed by atoms with E-state index in [1.54, 1.807) is 40.9 Å². The molecule has 0 aliphatic carbocycles. The summed E-state index contributed by atoms with van der Waals surface area (Å²) in [6.07, 6.45) is 1.35. The van der Waals surface area contributed by atoms with E-state index in [1.165, 1.54) is 0 Å². The molecule has 0 radical (unpaired) electrons. The van der Waals surface area contributed by atoms with Crippen molar-refractivity contribution in [3.05, 3.63) is 29.3 Å². The first kappa shape index (κ1) is 16.5. The van der Waals surface area contributed by atoms with Crippen LogP contribution in [-0.2, 0) is 9.59 Å². The van der Waals surface area contributed by atoms with E-state index in [2.05, 4.69) is 5.32 Å². The minimum atomic E-state index is -0.365. The third kappa shape index (κ3) is 3.43. The average molecular weight is 355 g/mol. The van der Waals surface area contributed by atoms with Gasteiger partial charge < -0.3 is 15.0 Å². The highest BCUT2D eigenvalue weighted by Crippen LogP contribution is 2.47. The fourth-order valence-corrected chi connectivity index (χ4v) is 4.56. The summed E-state index contributed by atoms with van der Waals surface area (Å²) in [5.41, 5.74) is 0. The normalized spacial score (nSPS) is 26.3. The third-order valence-electron chi connectivity index (χ3n) is 4.23. The third-order valence-corrected chi connectivity index (χ3v) is 5.99. The van der Waals surface area contributed by atoms with Gasteiger partial charge in [0.25, 0.3) is 0 Å². The summed E-state index contributed by atoms with van der Waals surface area (Å²) < 4.78 is 5.54. The summed E-state index contributed by atoms with van der Waals surface area (Å²) in [6, 6.07) is 6.71. The number of nitrogens with zero attached hydrogens (tertiary/aromatic N) is 1. The van der Waals surface area contributed by atoms with Crippen molar-refractivity contribution in [3.63, 3.8) is 0 Å². The number of amides is 2. The van der Waals surface area contributed by atoms with Gasteiger partial charge in [0.2, 0.25) is 11.8 Å². The number of thioether (sulfide) groups is 1. The average Bonchev–Trinajstić information content (AvgIpc) is 3.02. The van der Waals surface area contributed by atoms with Crippen LogP contribution in [0.1, 0.15) is 19.8 Å². The molecular weight excluding hydrogens is 336 g/mol. The van der Waals surface area contributed by atoms with Crippen LogP contribution in [0.5, 0.6) is 5.75 Å². The van der Waals surface area contributed by atoms with Gasteiger partial charge in [-0.25, -0.2) is 0 Å². The first-order chi connectivity index (χ1) is 11.0. The smallest absolute Gasteiger partial charge is 0.243 e. The van der Waals surface area contributed by atoms with Gasteiger partial charge in [0.15, 0.2) is 0 Å². The van der Waals surface area contributed by atoms with Gasteiger partial charge in [0.1, 0.15) is 18.4 Å². The van der Waals surface area contributed by atoms with Gasteiger partial charge in [0, 0.05) is 17.2 Å². The molecule has 124 valence electrons. The lowest BCUT2D eigenvalue weighted by molar-refractivity contribution is -0.137. The van der Waals surface area contributed by atoms with Gasteiger partial charge in [0.05, 0.1) is 11.4 Å². The molecule has 0 bridgehead atoms. The van der Waals surface area contributed by atoms with E-state index in [0.717, 1.165) is 6.42 Å². The van der Waals surface area contributed by atoms with E-state index < -0.39 is 0 Å². The number of benzene rings is 1. The van der Waals surface area contributed by atoms with Crippen LogP contribution in [0.15, 0.2) is 24.3 Å². The lowest BCUT2D eigenvalue weighted by atomic mass is 10.2. The second kappa shape index (κ2) is 6.61. The van der Waals surface area contributed by atoms with Crippen LogP contribution in [0.4, 0.5) is 0 Å². The monoisotopic (exact) mass is 354 g/mol. The van der Waals surface area contributed by atoms with Gasteiger partial charge in [-0.3, -0.25) is 9.59 Å². The van der Waals surface area contributed by atoms with Crippen LogP contribution in [0.3, 0.4) is 0 Å². The summed E-state index contributed by atoms with van der Waals surface area (Å²) in [6.45, 7) is 2.82. The fraction of sp³-hybridized carbons (Fsp3) is 0.500. The van der Waals surface area contributed by atoms with Gasteiger partial charge in [-0.1, -0.05) is 11.6 Å². The Balaban J connectivity index is 1.46.